The van der Waals surface area contributed by atoms with E-state index in [1.807, 2.05) is 12.1 Å². The quantitative estimate of drug-likeness (QED) is 0.918. The molecule has 1 atom stereocenters. The number of carbonyl (C=O) groups is 2. The van der Waals surface area contributed by atoms with Crippen LogP contribution in [0.3, 0.4) is 0 Å². The van der Waals surface area contributed by atoms with Gasteiger partial charge in [0.25, 0.3) is 5.91 Å². The summed E-state index contributed by atoms with van der Waals surface area (Å²) >= 11 is 0. The summed E-state index contributed by atoms with van der Waals surface area (Å²) in [6, 6.07) is 9.26. The molecule has 0 saturated carbocycles. The molecule has 0 aliphatic carbocycles. The third-order valence-electron chi connectivity index (χ3n) is 3.85. The summed E-state index contributed by atoms with van der Waals surface area (Å²) < 4.78 is 4.91. The lowest BCUT2D eigenvalue weighted by Gasteiger charge is -2.34. The van der Waals surface area contributed by atoms with Gasteiger partial charge in [0.1, 0.15) is 0 Å². The Morgan fingerprint density at radius 3 is 2.65 bits per heavy atom. The SMILES string of the molecule is COc1ccc(C(=O)N2CCc3ccccc3C2C(=O)O)nn1. The zero-order valence-electron chi connectivity index (χ0n) is 12.5. The number of hydrogen-bond donors (Lipinski definition) is 1. The van der Waals surface area contributed by atoms with Crippen LogP contribution in [0, 0.1) is 0 Å². The van der Waals surface area contributed by atoms with Crippen molar-refractivity contribution in [3.05, 3.63) is 53.2 Å². The van der Waals surface area contributed by atoms with E-state index < -0.39 is 17.9 Å². The van der Waals surface area contributed by atoms with E-state index in [0.29, 0.717) is 24.4 Å². The summed E-state index contributed by atoms with van der Waals surface area (Å²) in [5.74, 6) is -1.23. The van der Waals surface area contributed by atoms with Crippen molar-refractivity contribution >= 4 is 11.9 Å². The summed E-state index contributed by atoms with van der Waals surface area (Å²) in [5.41, 5.74) is 1.68. The molecule has 0 radical (unpaired) electrons. The highest BCUT2D eigenvalue weighted by atomic mass is 16.5. The lowest BCUT2D eigenvalue weighted by Crippen LogP contribution is -2.43. The lowest BCUT2D eigenvalue weighted by molar-refractivity contribution is -0.143. The molecule has 7 heteroatoms. The normalized spacial score (nSPS) is 16.6. The number of rotatable bonds is 3. The molecule has 0 saturated heterocycles. The van der Waals surface area contributed by atoms with Crippen LogP contribution in [0.4, 0.5) is 0 Å². The predicted molar refractivity (Wildman–Crippen MR) is 80.1 cm³/mol. The fraction of sp³-hybridized carbons (Fsp3) is 0.250. The fourth-order valence-corrected chi connectivity index (χ4v) is 2.74. The lowest BCUT2D eigenvalue weighted by atomic mass is 9.92. The summed E-state index contributed by atoms with van der Waals surface area (Å²) in [7, 11) is 1.45. The molecule has 0 fully saturated rings. The Kier molecular flexibility index (Phi) is 3.92. The summed E-state index contributed by atoms with van der Waals surface area (Å²) in [6.45, 7) is 0.320. The van der Waals surface area contributed by atoms with Crippen LogP contribution >= 0.6 is 0 Å². The molecule has 2 heterocycles. The van der Waals surface area contributed by atoms with Gasteiger partial charge >= 0.3 is 5.97 Å². The second-order valence-electron chi connectivity index (χ2n) is 5.15. The van der Waals surface area contributed by atoms with Crippen molar-refractivity contribution in [1.82, 2.24) is 15.1 Å². The molecular formula is C16H15N3O4. The van der Waals surface area contributed by atoms with Gasteiger partial charge in [-0.2, -0.15) is 0 Å². The third-order valence-corrected chi connectivity index (χ3v) is 3.85. The van der Waals surface area contributed by atoms with Crippen LogP contribution in [-0.2, 0) is 11.2 Å². The van der Waals surface area contributed by atoms with Crippen molar-refractivity contribution in [2.45, 2.75) is 12.5 Å². The Morgan fingerprint density at radius 1 is 1.22 bits per heavy atom. The Morgan fingerprint density at radius 2 is 2.00 bits per heavy atom. The number of carbonyl (C=O) groups excluding carboxylic acids is 1. The number of carboxylic acids is 1. The van der Waals surface area contributed by atoms with Gasteiger partial charge in [0.05, 0.1) is 7.11 Å². The smallest absolute Gasteiger partial charge is 0.331 e. The largest absolute Gasteiger partial charge is 0.480 e. The average Bonchev–Trinajstić information content (AvgIpc) is 2.60. The highest BCUT2D eigenvalue weighted by Crippen LogP contribution is 2.30. The molecule has 1 aliphatic heterocycles. The number of nitrogens with zero attached hydrogens (tertiary/aromatic N) is 3. The van der Waals surface area contributed by atoms with E-state index in [-0.39, 0.29) is 5.69 Å². The first kappa shape index (κ1) is 15.0. The van der Waals surface area contributed by atoms with E-state index in [9.17, 15) is 14.7 Å². The minimum atomic E-state index is -1.06. The van der Waals surface area contributed by atoms with Gasteiger partial charge in [0.15, 0.2) is 11.7 Å². The van der Waals surface area contributed by atoms with Crippen molar-refractivity contribution in [1.29, 1.82) is 0 Å². The highest BCUT2D eigenvalue weighted by molar-refractivity contribution is 5.95. The maximum Gasteiger partial charge on any atom is 0.331 e. The van der Waals surface area contributed by atoms with Crippen molar-refractivity contribution in [2.24, 2.45) is 0 Å². The van der Waals surface area contributed by atoms with Crippen LogP contribution in [0.2, 0.25) is 0 Å². The van der Waals surface area contributed by atoms with Gasteiger partial charge < -0.3 is 14.7 Å². The van der Waals surface area contributed by atoms with Crippen molar-refractivity contribution in [3.63, 3.8) is 0 Å². The predicted octanol–water partition coefficient (Wildman–Crippen LogP) is 1.31. The molecule has 2 aromatic rings. The van der Waals surface area contributed by atoms with Crippen LogP contribution in [0.25, 0.3) is 0 Å². The highest BCUT2D eigenvalue weighted by Gasteiger charge is 2.36. The van der Waals surface area contributed by atoms with Gasteiger partial charge in [-0.3, -0.25) is 4.79 Å². The standard InChI is InChI=1S/C16H15N3O4/c1-23-13-7-6-12(17-18-13)15(20)19-9-8-10-4-2-3-5-11(10)14(19)16(21)22/h2-7,14H,8-9H2,1H3,(H,21,22). The van der Waals surface area contributed by atoms with E-state index in [1.165, 1.54) is 24.1 Å². The molecule has 1 amide bonds. The Hall–Kier alpha value is -2.96. The third kappa shape index (κ3) is 2.73. The Balaban J connectivity index is 1.95. The van der Waals surface area contributed by atoms with Gasteiger partial charge in [0.2, 0.25) is 5.88 Å². The van der Waals surface area contributed by atoms with Gasteiger partial charge in [-0.1, -0.05) is 24.3 Å². The molecule has 0 spiro atoms. The molecule has 1 aromatic heterocycles. The van der Waals surface area contributed by atoms with Crippen LogP contribution < -0.4 is 4.74 Å². The number of methoxy groups -OCH3 is 1. The topological polar surface area (TPSA) is 92.6 Å². The number of fused-ring (bicyclic) bond motifs is 1. The zero-order chi connectivity index (χ0) is 16.4. The van der Waals surface area contributed by atoms with Crippen molar-refractivity contribution < 1.29 is 19.4 Å². The molecule has 23 heavy (non-hydrogen) atoms. The van der Waals surface area contributed by atoms with Crippen LogP contribution in [0.15, 0.2) is 36.4 Å². The molecule has 1 aliphatic rings. The summed E-state index contributed by atoms with van der Waals surface area (Å²) in [6.07, 6.45) is 0.606. The molecular weight excluding hydrogens is 298 g/mol. The Labute approximate surface area is 132 Å². The number of aliphatic carboxylic acids is 1. The number of aromatic nitrogens is 2. The van der Waals surface area contributed by atoms with Crippen LogP contribution in [0.5, 0.6) is 5.88 Å². The first-order valence-corrected chi connectivity index (χ1v) is 7.11. The minimum absolute atomic E-state index is 0.0939. The molecule has 1 aromatic carbocycles. The minimum Gasteiger partial charge on any atom is -0.480 e. The summed E-state index contributed by atoms with van der Waals surface area (Å²) in [4.78, 5) is 25.7. The van der Waals surface area contributed by atoms with Gasteiger partial charge in [-0.05, 0) is 23.6 Å². The number of hydrogen-bond acceptors (Lipinski definition) is 5. The van der Waals surface area contributed by atoms with E-state index in [0.717, 1.165) is 5.56 Å². The van der Waals surface area contributed by atoms with E-state index in [4.69, 9.17) is 4.74 Å². The van der Waals surface area contributed by atoms with Crippen LogP contribution in [-0.4, -0.2) is 45.7 Å². The first-order valence-electron chi connectivity index (χ1n) is 7.11. The molecule has 7 nitrogen and oxygen atoms in total. The number of benzene rings is 1. The van der Waals surface area contributed by atoms with Crippen molar-refractivity contribution in [3.8, 4) is 5.88 Å². The van der Waals surface area contributed by atoms with Crippen molar-refractivity contribution in [2.75, 3.05) is 13.7 Å². The second kappa shape index (κ2) is 6.04. The van der Waals surface area contributed by atoms with Gasteiger partial charge in [-0.15, -0.1) is 10.2 Å². The number of ether oxygens (including phenoxy) is 1. The molecule has 1 N–H and O–H groups in total. The Bertz CT molecular complexity index is 745. The summed E-state index contributed by atoms with van der Waals surface area (Å²) in [5, 5.41) is 17.2. The maximum absolute atomic E-state index is 12.6. The second-order valence-corrected chi connectivity index (χ2v) is 5.15. The molecule has 0 bridgehead atoms. The number of amides is 1. The van der Waals surface area contributed by atoms with E-state index in [1.54, 1.807) is 12.1 Å². The zero-order valence-corrected chi connectivity index (χ0v) is 12.5. The average molecular weight is 313 g/mol. The molecule has 1 unspecified atom stereocenters. The van der Waals surface area contributed by atoms with E-state index in [2.05, 4.69) is 10.2 Å². The molecule has 3 rings (SSSR count). The van der Waals surface area contributed by atoms with E-state index >= 15 is 0 Å². The van der Waals surface area contributed by atoms with Gasteiger partial charge in [0, 0.05) is 12.6 Å². The first-order chi connectivity index (χ1) is 11.1. The maximum atomic E-state index is 12.6. The monoisotopic (exact) mass is 313 g/mol. The van der Waals surface area contributed by atoms with Crippen LogP contribution in [0.1, 0.15) is 27.7 Å². The molecule has 118 valence electrons. The fourth-order valence-electron chi connectivity index (χ4n) is 2.74. The van der Waals surface area contributed by atoms with Gasteiger partial charge in [-0.25, -0.2) is 4.79 Å². The number of carboxylic acid groups (broad SMARTS) is 1.